The number of benzene rings is 1. The number of rotatable bonds is 4. The molecule has 1 aromatic carbocycles. The number of piperidine rings is 1. The summed E-state index contributed by atoms with van der Waals surface area (Å²) in [7, 11) is 2.00. The summed E-state index contributed by atoms with van der Waals surface area (Å²) in [6, 6.07) is 7.48. The van der Waals surface area contributed by atoms with E-state index in [-0.39, 0.29) is 5.91 Å². The van der Waals surface area contributed by atoms with Gasteiger partial charge in [0, 0.05) is 37.1 Å². The number of aliphatic carboxylic acids is 1. The van der Waals surface area contributed by atoms with Crippen LogP contribution in [-0.4, -0.2) is 39.0 Å². The number of nitrogens with zero attached hydrogens (tertiary/aromatic N) is 2. The molecule has 5 nitrogen and oxygen atoms in total. The molecule has 1 atom stereocenters. The number of para-hydroxylation sites is 1. The summed E-state index contributed by atoms with van der Waals surface area (Å²) in [6.45, 7) is 0.561. The summed E-state index contributed by atoms with van der Waals surface area (Å²) in [6.07, 6.45) is 5.40. The lowest BCUT2D eigenvalue weighted by atomic mass is 10.0. The molecular formula is C18H22N2O3. The van der Waals surface area contributed by atoms with Gasteiger partial charge in [-0.1, -0.05) is 18.2 Å². The minimum absolute atomic E-state index is 0.0509. The Morgan fingerprint density at radius 2 is 2.04 bits per heavy atom. The quantitative estimate of drug-likeness (QED) is 0.943. The monoisotopic (exact) mass is 314 g/mol. The first kappa shape index (κ1) is 15.6. The van der Waals surface area contributed by atoms with Crippen LogP contribution in [0, 0.1) is 0 Å². The van der Waals surface area contributed by atoms with Gasteiger partial charge in [0.1, 0.15) is 6.04 Å². The summed E-state index contributed by atoms with van der Waals surface area (Å²) in [5.41, 5.74) is 2.29. The highest BCUT2D eigenvalue weighted by molar-refractivity contribution is 5.86. The molecule has 0 unspecified atom stereocenters. The maximum Gasteiger partial charge on any atom is 0.326 e. The van der Waals surface area contributed by atoms with Gasteiger partial charge in [0.05, 0.1) is 0 Å². The van der Waals surface area contributed by atoms with Crippen LogP contribution in [0.2, 0.25) is 0 Å². The van der Waals surface area contributed by atoms with E-state index in [9.17, 15) is 14.7 Å². The molecule has 2 aromatic rings. The maximum atomic E-state index is 12.5. The number of carbonyl (C=O) groups is 2. The molecule has 0 spiro atoms. The molecule has 1 amide bonds. The van der Waals surface area contributed by atoms with Gasteiger partial charge < -0.3 is 14.6 Å². The second kappa shape index (κ2) is 6.44. The molecule has 0 saturated carbocycles. The Labute approximate surface area is 135 Å². The highest BCUT2D eigenvalue weighted by Gasteiger charge is 2.31. The molecule has 0 radical (unpaired) electrons. The molecule has 23 heavy (non-hydrogen) atoms. The number of hydrogen-bond acceptors (Lipinski definition) is 2. The first-order chi connectivity index (χ1) is 11.1. The molecule has 1 saturated heterocycles. The Balaban J connectivity index is 1.71. The van der Waals surface area contributed by atoms with Crippen molar-refractivity contribution in [3.8, 4) is 0 Å². The second-order valence-corrected chi connectivity index (χ2v) is 6.22. The lowest BCUT2D eigenvalue weighted by molar-refractivity contribution is -0.152. The predicted octanol–water partition coefficient (Wildman–Crippen LogP) is 2.58. The van der Waals surface area contributed by atoms with Crippen molar-refractivity contribution < 1.29 is 14.7 Å². The van der Waals surface area contributed by atoms with Crippen molar-refractivity contribution in [2.45, 2.75) is 38.1 Å². The van der Waals surface area contributed by atoms with E-state index in [2.05, 4.69) is 22.9 Å². The van der Waals surface area contributed by atoms with E-state index in [1.54, 1.807) is 4.90 Å². The van der Waals surface area contributed by atoms with E-state index in [4.69, 9.17) is 0 Å². The minimum Gasteiger partial charge on any atom is -0.480 e. The number of aromatic nitrogens is 1. The second-order valence-electron chi connectivity index (χ2n) is 6.22. The number of likely N-dealkylation sites (tertiary alicyclic amines) is 1. The molecule has 1 aromatic heterocycles. The van der Waals surface area contributed by atoms with Gasteiger partial charge in [-0.3, -0.25) is 4.79 Å². The Morgan fingerprint density at radius 3 is 2.83 bits per heavy atom. The summed E-state index contributed by atoms with van der Waals surface area (Å²) in [5, 5.41) is 10.5. The zero-order chi connectivity index (χ0) is 16.4. The van der Waals surface area contributed by atoms with Gasteiger partial charge >= 0.3 is 5.97 Å². The van der Waals surface area contributed by atoms with Crippen molar-refractivity contribution in [2.24, 2.45) is 7.05 Å². The summed E-state index contributed by atoms with van der Waals surface area (Å²) >= 11 is 0. The van der Waals surface area contributed by atoms with Crippen molar-refractivity contribution in [3.05, 3.63) is 36.0 Å². The van der Waals surface area contributed by atoms with Gasteiger partial charge in [-0.15, -0.1) is 0 Å². The number of aryl methyl sites for hydroxylation is 2. The molecule has 1 N–H and O–H groups in total. The first-order valence-electron chi connectivity index (χ1n) is 8.13. The Kier molecular flexibility index (Phi) is 4.37. The summed E-state index contributed by atoms with van der Waals surface area (Å²) in [5.74, 6) is -0.937. The van der Waals surface area contributed by atoms with Crippen LogP contribution >= 0.6 is 0 Å². The average molecular weight is 314 g/mol. The number of carboxylic acid groups (broad SMARTS) is 1. The third-order valence-electron chi connectivity index (χ3n) is 4.70. The summed E-state index contributed by atoms with van der Waals surface area (Å²) < 4.78 is 2.07. The van der Waals surface area contributed by atoms with E-state index in [0.29, 0.717) is 25.8 Å². The largest absolute Gasteiger partial charge is 0.480 e. The van der Waals surface area contributed by atoms with Crippen molar-refractivity contribution in [3.63, 3.8) is 0 Å². The van der Waals surface area contributed by atoms with Crippen LogP contribution < -0.4 is 0 Å². The van der Waals surface area contributed by atoms with Gasteiger partial charge in [-0.25, -0.2) is 4.79 Å². The first-order valence-corrected chi connectivity index (χ1v) is 8.13. The van der Waals surface area contributed by atoms with Crippen molar-refractivity contribution in [2.75, 3.05) is 6.54 Å². The van der Waals surface area contributed by atoms with E-state index in [0.717, 1.165) is 29.3 Å². The zero-order valence-electron chi connectivity index (χ0n) is 13.4. The topological polar surface area (TPSA) is 62.5 Å². The molecule has 1 aliphatic rings. The van der Waals surface area contributed by atoms with E-state index in [1.165, 1.54) is 0 Å². The number of carbonyl (C=O) groups excluding carboxylic acids is 1. The standard InChI is InChI=1S/C18H22N2O3/c1-19-12-13(14-6-2-3-7-15(14)19)9-10-17(21)20-11-5-4-8-16(20)18(22)23/h2-3,6-7,12,16H,4-5,8-11H2,1H3,(H,22,23)/t16-/m1/s1. The molecule has 1 aliphatic heterocycles. The average Bonchev–Trinajstić information content (AvgIpc) is 2.89. The van der Waals surface area contributed by atoms with Crippen LogP contribution in [0.5, 0.6) is 0 Å². The Bertz CT molecular complexity index is 735. The van der Waals surface area contributed by atoms with Gasteiger partial charge in [0.15, 0.2) is 0 Å². The number of carboxylic acids is 1. The third-order valence-corrected chi connectivity index (χ3v) is 4.70. The lowest BCUT2D eigenvalue weighted by Crippen LogP contribution is -2.48. The van der Waals surface area contributed by atoms with Crippen LogP contribution in [0.15, 0.2) is 30.5 Å². The van der Waals surface area contributed by atoms with E-state index in [1.807, 2.05) is 19.2 Å². The number of hydrogen-bond donors (Lipinski definition) is 1. The molecule has 0 bridgehead atoms. The van der Waals surface area contributed by atoms with Crippen LogP contribution in [0.1, 0.15) is 31.2 Å². The van der Waals surface area contributed by atoms with Gasteiger partial charge in [0.2, 0.25) is 5.91 Å². The van der Waals surface area contributed by atoms with Crippen LogP contribution in [0.4, 0.5) is 0 Å². The van der Waals surface area contributed by atoms with Gasteiger partial charge in [-0.2, -0.15) is 0 Å². The number of amides is 1. The van der Waals surface area contributed by atoms with Crippen LogP contribution in [0.3, 0.4) is 0 Å². The fourth-order valence-electron chi connectivity index (χ4n) is 3.50. The Hall–Kier alpha value is -2.30. The molecule has 2 heterocycles. The van der Waals surface area contributed by atoms with Crippen molar-refractivity contribution in [1.82, 2.24) is 9.47 Å². The SMILES string of the molecule is Cn1cc(CCC(=O)N2CCCC[C@@H]2C(=O)O)c2ccccc21. The minimum atomic E-state index is -0.886. The molecule has 1 fully saturated rings. The third kappa shape index (κ3) is 3.09. The molecule has 122 valence electrons. The fraction of sp³-hybridized carbons (Fsp3) is 0.444. The number of fused-ring (bicyclic) bond motifs is 1. The predicted molar refractivity (Wildman–Crippen MR) is 88.2 cm³/mol. The molecule has 3 rings (SSSR count). The summed E-state index contributed by atoms with van der Waals surface area (Å²) in [4.78, 5) is 25.4. The molecular weight excluding hydrogens is 292 g/mol. The van der Waals surface area contributed by atoms with Gasteiger partial charge in [0.25, 0.3) is 0 Å². The molecule has 5 heteroatoms. The normalized spacial score (nSPS) is 18.3. The highest BCUT2D eigenvalue weighted by atomic mass is 16.4. The van der Waals surface area contributed by atoms with Gasteiger partial charge in [-0.05, 0) is 37.3 Å². The lowest BCUT2D eigenvalue weighted by Gasteiger charge is -2.33. The Morgan fingerprint density at radius 1 is 1.26 bits per heavy atom. The van der Waals surface area contributed by atoms with Crippen molar-refractivity contribution >= 4 is 22.8 Å². The van der Waals surface area contributed by atoms with E-state index < -0.39 is 12.0 Å². The maximum absolute atomic E-state index is 12.5. The van der Waals surface area contributed by atoms with Crippen molar-refractivity contribution in [1.29, 1.82) is 0 Å². The zero-order valence-corrected chi connectivity index (χ0v) is 13.4. The van der Waals surface area contributed by atoms with E-state index >= 15 is 0 Å². The molecule has 0 aliphatic carbocycles. The smallest absolute Gasteiger partial charge is 0.326 e. The van der Waals surface area contributed by atoms with Crippen LogP contribution in [-0.2, 0) is 23.1 Å². The van der Waals surface area contributed by atoms with Crippen LogP contribution in [0.25, 0.3) is 10.9 Å². The fourth-order valence-corrected chi connectivity index (χ4v) is 3.50. The highest BCUT2D eigenvalue weighted by Crippen LogP contribution is 2.23.